The van der Waals surface area contributed by atoms with Gasteiger partial charge in [0.05, 0.1) is 0 Å². The van der Waals surface area contributed by atoms with Crippen LogP contribution in [-0.4, -0.2) is 18.9 Å². The van der Waals surface area contributed by atoms with E-state index in [-0.39, 0.29) is 5.78 Å². The molecule has 0 aliphatic carbocycles. The Labute approximate surface area is 111 Å². The molecule has 1 fully saturated rings. The molecule has 0 saturated carbocycles. The van der Waals surface area contributed by atoms with Crippen molar-refractivity contribution < 1.29 is 4.79 Å². The number of Topliss-reactive ketones (excluding diaryl/α,β-unsaturated/α-hetero) is 1. The fourth-order valence-corrected chi connectivity index (χ4v) is 2.80. The van der Waals surface area contributed by atoms with Crippen LogP contribution in [0.15, 0.2) is 22.7 Å². The zero-order valence-corrected chi connectivity index (χ0v) is 12.0. The summed E-state index contributed by atoms with van der Waals surface area (Å²) in [5.74, 6) is 0.918. The van der Waals surface area contributed by atoms with Gasteiger partial charge in [-0.2, -0.15) is 0 Å². The Morgan fingerprint density at radius 2 is 2.29 bits per heavy atom. The third-order valence-electron chi connectivity index (χ3n) is 3.54. The van der Waals surface area contributed by atoms with E-state index < -0.39 is 0 Å². The first kappa shape index (κ1) is 12.6. The van der Waals surface area contributed by atoms with E-state index in [0.717, 1.165) is 34.7 Å². The highest BCUT2D eigenvalue weighted by atomic mass is 79.9. The Morgan fingerprint density at radius 1 is 1.53 bits per heavy atom. The summed E-state index contributed by atoms with van der Waals surface area (Å²) in [6, 6.07) is 5.92. The zero-order valence-electron chi connectivity index (χ0n) is 10.4. The van der Waals surface area contributed by atoms with Crippen LogP contribution >= 0.6 is 15.9 Å². The van der Waals surface area contributed by atoms with E-state index in [2.05, 4.69) is 33.8 Å². The summed E-state index contributed by atoms with van der Waals surface area (Å²) in [5.41, 5.74) is 1.92. The van der Waals surface area contributed by atoms with Crippen LogP contribution in [0.25, 0.3) is 0 Å². The molecular formula is C14H18BrNO. The maximum Gasteiger partial charge on any atom is 0.161 e. The summed E-state index contributed by atoms with van der Waals surface area (Å²) in [4.78, 5) is 14.0. The van der Waals surface area contributed by atoms with Crippen LogP contribution < -0.4 is 4.90 Å². The summed E-state index contributed by atoms with van der Waals surface area (Å²) in [7, 11) is 0. The van der Waals surface area contributed by atoms with Crippen LogP contribution in [0.4, 0.5) is 5.69 Å². The molecule has 0 amide bonds. The molecule has 1 unspecified atom stereocenters. The van der Waals surface area contributed by atoms with Crippen molar-refractivity contribution in [2.75, 3.05) is 18.0 Å². The number of anilines is 1. The normalized spacial score (nSPS) is 19.7. The molecule has 1 saturated heterocycles. The monoisotopic (exact) mass is 295 g/mol. The first-order valence-corrected chi connectivity index (χ1v) is 6.96. The number of nitrogens with zero attached hydrogens (tertiary/aromatic N) is 1. The first-order valence-electron chi connectivity index (χ1n) is 6.17. The van der Waals surface area contributed by atoms with E-state index in [0.29, 0.717) is 0 Å². The molecule has 1 atom stereocenters. The van der Waals surface area contributed by atoms with E-state index >= 15 is 0 Å². The Balaban J connectivity index is 2.31. The van der Waals surface area contributed by atoms with Crippen LogP contribution in [-0.2, 0) is 0 Å². The van der Waals surface area contributed by atoms with Crippen molar-refractivity contribution in [2.45, 2.75) is 26.7 Å². The van der Waals surface area contributed by atoms with Crippen LogP contribution in [0, 0.1) is 5.92 Å². The molecule has 1 aromatic carbocycles. The Hall–Kier alpha value is -0.830. The third kappa shape index (κ3) is 2.71. The SMILES string of the molecule is CCC1CCN(c2cc(Br)ccc2C(C)=O)C1. The van der Waals surface area contributed by atoms with Crippen molar-refractivity contribution in [3.8, 4) is 0 Å². The van der Waals surface area contributed by atoms with Gasteiger partial charge in [0.15, 0.2) is 5.78 Å². The van der Waals surface area contributed by atoms with Crippen molar-refractivity contribution in [3.05, 3.63) is 28.2 Å². The van der Waals surface area contributed by atoms with E-state index in [1.54, 1.807) is 6.92 Å². The smallest absolute Gasteiger partial charge is 0.161 e. The van der Waals surface area contributed by atoms with Gasteiger partial charge in [-0.05, 0) is 37.5 Å². The minimum absolute atomic E-state index is 0.146. The lowest BCUT2D eigenvalue weighted by atomic mass is 10.1. The molecule has 0 spiro atoms. The van der Waals surface area contributed by atoms with E-state index in [4.69, 9.17) is 0 Å². The zero-order chi connectivity index (χ0) is 12.4. The van der Waals surface area contributed by atoms with Gasteiger partial charge in [-0.15, -0.1) is 0 Å². The fourth-order valence-electron chi connectivity index (χ4n) is 2.45. The summed E-state index contributed by atoms with van der Waals surface area (Å²) in [5, 5.41) is 0. The molecule has 3 heteroatoms. The quantitative estimate of drug-likeness (QED) is 0.789. The Bertz CT molecular complexity index is 430. The van der Waals surface area contributed by atoms with E-state index in [9.17, 15) is 4.79 Å². The topological polar surface area (TPSA) is 20.3 Å². The molecular weight excluding hydrogens is 278 g/mol. The second kappa shape index (κ2) is 5.21. The van der Waals surface area contributed by atoms with Crippen LogP contribution in [0.1, 0.15) is 37.0 Å². The number of carbonyl (C=O) groups is 1. The predicted octanol–water partition coefficient (Wildman–Crippen LogP) is 3.89. The number of hydrogen-bond acceptors (Lipinski definition) is 2. The minimum atomic E-state index is 0.146. The number of rotatable bonds is 3. The second-order valence-electron chi connectivity index (χ2n) is 4.73. The van der Waals surface area contributed by atoms with Gasteiger partial charge >= 0.3 is 0 Å². The molecule has 0 radical (unpaired) electrons. The Kier molecular flexibility index (Phi) is 3.87. The molecule has 0 bridgehead atoms. The lowest BCUT2D eigenvalue weighted by Crippen LogP contribution is -2.21. The highest BCUT2D eigenvalue weighted by Crippen LogP contribution is 2.31. The third-order valence-corrected chi connectivity index (χ3v) is 4.04. The highest BCUT2D eigenvalue weighted by Gasteiger charge is 2.23. The largest absolute Gasteiger partial charge is 0.371 e. The summed E-state index contributed by atoms with van der Waals surface area (Å²) >= 11 is 3.49. The minimum Gasteiger partial charge on any atom is -0.371 e. The first-order chi connectivity index (χ1) is 8.11. The summed E-state index contributed by atoms with van der Waals surface area (Å²) in [6.45, 7) is 6.02. The van der Waals surface area contributed by atoms with Gasteiger partial charge < -0.3 is 4.90 Å². The lowest BCUT2D eigenvalue weighted by Gasteiger charge is -2.21. The van der Waals surface area contributed by atoms with Gasteiger partial charge in [-0.3, -0.25) is 4.79 Å². The number of hydrogen-bond donors (Lipinski definition) is 0. The summed E-state index contributed by atoms with van der Waals surface area (Å²) in [6.07, 6.45) is 2.46. The van der Waals surface area contributed by atoms with Crippen LogP contribution in [0.2, 0.25) is 0 Å². The molecule has 1 heterocycles. The van der Waals surface area contributed by atoms with Crippen molar-refractivity contribution in [2.24, 2.45) is 5.92 Å². The predicted molar refractivity (Wildman–Crippen MR) is 74.8 cm³/mol. The maximum absolute atomic E-state index is 11.6. The van der Waals surface area contributed by atoms with Crippen molar-refractivity contribution >= 4 is 27.4 Å². The number of ketones is 1. The summed E-state index contributed by atoms with van der Waals surface area (Å²) < 4.78 is 1.04. The molecule has 1 aliphatic rings. The van der Waals surface area contributed by atoms with Crippen molar-refractivity contribution in [1.29, 1.82) is 0 Å². The Morgan fingerprint density at radius 3 is 2.88 bits per heavy atom. The molecule has 17 heavy (non-hydrogen) atoms. The molecule has 2 nitrogen and oxygen atoms in total. The molecule has 2 rings (SSSR count). The van der Waals surface area contributed by atoms with Gasteiger partial charge in [0, 0.05) is 28.8 Å². The molecule has 0 N–H and O–H groups in total. The van der Waals surface area contributed by atoms with E-state index in [1.165, 1.54) is 12.8 Å². The van der Waals surface area contributed by atoms with E-state index in [1.807, 2.05) is 12.1 Å². The number of carbonyl (C=O) groups excluding carboxylic acids is 1. The molecule has 0 aromatic heterocycles. The second-order valence-corrected chi connectivity index (χ2v) is 5.64. The van der Waals surface area contributed by atoms with Gasteiger partial charge in [0.25, 0.3) is 0 Å². The van der Waals surface area contributed by atoms with Gasteiger partial charge in [0.2, 0.25) is 0 Å². The van der Waals surface area contributed by atoms with Gasteiger partial charge in [-0.25, -0.2) is 0 Å². The average Bonchev–Trinajstić information content (AvgIpc) is 2.76. The fraction of sp³-hybridized carbons (Fsp3) is 0.500. The number of halogens is 1. The molecule has 1 aliphatic heterocycles. The molecule has 92 valence electrons. The highest BCUT2D eigenvalue weighted by molar-refractivity contribution is 9.10. The lowest BCUT2D eigenvalue weighted by molar-refractivity contribution is 0.101. The van der Waals surface area contributed by atoms with Crippen LogP contribution in [0.3, 0.4) is 0 Å². The van der Waals surface area contributed by atoms with Gasteiger partial charge in [-0.1, -0.05) is 29.3 Å². The van der Waals surface area contributed by atoms with Gasteiger partial charge in [0.1, 0.15) is 0 Å². The molecule has 1 aromatic rings. The average molecular weight is 296 g/mol. The van der Waals surface area contributed by atoms with Crippen molar-refractivity contribution in [3.63, 3.8) is 0 Å². The maximum atomic E-state index is 11.6. The van der Waals surface area contributed by atoms with Crippen molar-refractivity contribution in [1.82, 2.24) is 0 Å². The standard InChI is InChI=1S/C14H18BrNO/c1-3-11-6-7-16(9-11)14-8-12(15)4-5-13(14)10(2)17/h4-5,8,11H,3,6-7,9H2,1-2H3. The number of benzene rings is 1. The van der Waals surface area contributed by atoms with Crippen LogP contribution in [0.5, 0.6) is 0 Å².